The fourth-order valence-electron chi connectivity index (χ4n) is 1.52. The third-order valence-electron chi connectivity index (χ3n) is 3.03. The van der Waals surface area contributed by atoms with Crippen molar-refractivity contribution < 1.29 is 9.53 Å². The molecule has 1 heterocycles. The molecular formula is C14H23N3O2. The molecule has 1 aromatic rings. The molecule has 19 heavy (non-hydrogen) atoms. The number of methoxy groups -OCH3 is 1. The zero-order valence-electron chi connectivity index (χ0n) is 12.1. The Kier molecular flexibility index (Phi) is 6.29. The Morgan fingerprint density at radius 2 is 2.16 bits per heavy atom. The smallest absolute Gasteiger partial charge is 0.234 e. The van der Waals surface area contributed by atoms with E-state index < -0.39 is 0 Å². The molecule has 0 spiro atoms. The highest BCUT2D eigenvalue weighted by molar-refractivity contribution is 5.78. The van der Waals surface area contributed by atoms with Crippen LogP contribution in [0.3, 0.4) is 0 Å². The number of hydrogen-bond acceptors (Lipinski definition) is 4. The summed E-state index contributed by atoms with van der Waals surface area (Å²) in [6, 6.07) is 3.95. The van der Waals surface area contributed by atoms with Crippen LogP contribution in [0.4, 0.5) is 0 Å². The molecule has 5 heteroatoms. The van der Waals surface area contributed by atoms with Gasteiger partial charge in [-0.15, -0.1) is 0 Å². The molecule has 0 fully saturated rings. The molecule has 0 bridgehead atoms. The van der Waals surface area contributed by atoms with Crippen molar-refractivity contribution in [3.05, 3.63) is 23.9 Å². The predicted molar refractivity (Wildman–Crippen MR) is 74.9 cm³/mol. The van der Waals surface area contributed by atoms with Crippen molar-refractivity contribution in [2.75, 3.05) is 13.7 Å². The van der Waals surface area contributed by atoms with E-state index in [4.69, 9.17) is 4.74 Å². The second kappa shape index (κ2) is 7.74. The Bertz CT molecular complexity index is 407. The van der Waals surface area contributed by atoms with Crippen LogP contribution < -0.4 is 15.4 Å². The Balaban J connectivity index is 2.36. The molecular weight excluding hydrogens is 242 g/mol. The van der Waals surface area contributed by atoms with E-state index in [9.17, 15) is 4.79 Å². The van der Waals surface area contributed by atoms with Crippen molar-refractivity contribution in [1.29, 1.82) is 0 Å². The lowest BCUT2D eigenvalue weighted by molar-refractivity contribution is -0.121. The summed E-state index contributed by atoms with van der Waals surface area (Å²) in [6.07, 6.45) is 1.68. The van der Waals surface area contributed by atoms with E-state index in [0.717, 1.165) is 5.56 Å². The molecule has 0 aliphatic heterocycles. The van der Waals surface area contributed by atoms with Crippen LogP contribution in [-0.4, -0.2) is 30.6 Å². The topological polar surface area (TPSA) is 63.2 Å². The lowest BCUT2D eigenvalue weighted by Gasteiger charge is -2.17. The molecule has 0 saturated carbocycles. The third kappa shape index (κ3) is 5.26. The summed E-state index contributed by atoms with van der Waals surface area (Å²) in [5.41, 5.74) is 0.940. The van der Waals surface area contributed by atoms with Gasteiger partial charge in [0.15, 0.2) is 0 Å². The number of ether oxygens (including phenoxy) is 1. The molecule has 1 rings (SSSR count). The van der Waals surface area contributed by atoms with Crippen molar-refractivity contribution in [3.63, 3.8) is 0 Å². The van der Waals surface area contributed by atoms with Crippen LogP contribution in [0.2, 0.25) is 0 Å². The highest BCUT2D eigenvalue weighted by Gasteiger charge is 2.10. The van der Waals surface area contributed by atoms with Gasteiger partial charge in [0.25, 0.3) is 0 Å². The molecule has 1 aromatic heterocycles. The van der Waals surface area contributed by atoms with Crippen molar-refractivity contribution in [1.82, 2.24) is 15.6 Å². The molecule has 0 saturated heterocycles. The van der Waals surface area contributed by atoms with Crippen LogP contribution in [0, 0.1) is 5.92 Å². The molecule has 2 N–H and O–H groups in total. The molecule has 5 nitrogen and oxygen atoms in total. The zero-order chi connectivity index (χ0) is 14.3. The van der Waals surface area contributed by atoms with Gasteiger partial charge >= 0.3 is 0 Å². The first-order valence-electron chi connectivity index (χ1n) is 6.52. The first-order valence-corrected chi connectivity index (χ1v) is 6.52. The molecule has 0 radical (unpaired) electrons. The first kappa shape index (κ1) is 15.4. The number of carbonyl (C=O) groups excluding carboxylic acids is 1. The van der Waals surface area contributed by atoms with Crippen molar-refractivity contribution >= 4 is 5.91 Å². The van der Waals surface area contributed by atoms with Crippen LogP contribution in [0.25, 0.3) is 0 Å². The van der Waals surface area contributed by atoms with Gasteiger partial charge in [-0.25, -0.2) is 4.98 Å². The molecule has 0 aromatic carbocycles. The van der Waals surface area contributed by atoms with Gasteiger partial charge in [-0.3, -0.25) is 4.79 Å². The summed E-state index contributed by atoms with van der Waals surface area (Å²) < 4.78 is 5.15. The summed E-state index contributed by atoms with van der Waals surface area (Å²) in [5, 5.41) is 6.03. The SMILES string of the molecule is COc1ncccc1CNCC(=O)NC(C)C(C)C. The first-order chi connectivity index (χ1) is 9.04. The maximum atomic E-state index is 11.7. The average molecular weight is 265 g/mol. The number of rotatable bonds is 7. The van der Waals surface area contributed by atoms with Crippen LogP contribution in [0.15, 0.2) is 18.3 Å². The van der Waals surface area contributed by atoms with Gasteiger partial charge in [-0.2, -0.15) is 0 Å². The number of aromatic nitrogens is 1. The van der Waals surface area contributed by atoms with Crippen molar-refractivity contribution in [3.8, 4) is 5.88 Å². The lowest BCUT2D eigenvalue weighted by Crippen LogP contribution is -2.41. The van der Waals surface area contributed by atoms with E-state index in [2.05, 4.69) is 29.5 Å². The Morgan fingerprint density at radius 1 is 1.42 bits per heavy atom. The van der Waals surface area contributed by atoms with Crippen LogP contribution in [-0.2, 0) is 11.3 Å². The molecule has 106 valence electrons. The Labute approximate surface area is 114 Å². The van der Waals surface area contributed by atoms with E-state index in [1.54, 1.807) is 13.3 Å². The molecule has 1 unspecified atom stereocenters. The highest BCUT2D eigenvalue weighted by atomic mass is 16.5. The largest absolute Gasteiger partial charge is 0.481 e. The summed E-state index contributed by atoms with van der Waals surface area (Å²) in [4.78, 5) is 15.8. The fraction of sp³-hybridized carbons (Fsp3) is 0.571. The van der Waals surface area contributed by atoms with Crippen molar-refractivity contribution in [2.24, 2.45) is 5.92 Å². The number of nitrogens with one attached hydrogen (secondary N) is 2. The predicted octanol–water partition coefficient (Wildman–Crippen LogP) is 1.34. The van der Waals surface area contributed by atoms with E-state index in [0.29, 0.717) is 18.3 Å². The number of carbonyl (C=O) groups is 1. The monoisotopic (exact) mass is 265 g/mol. The summed E-state index contributed by atoms with van der Waals surface area (Å²) in [7, 11) is 1.59. The molecule has 1 atom stereocenters. The van der Waals surface area contributed by atoms with Crippen molar-refractivity contribution in [2.45, 2.75) is 33.4 Å². The van der Waals surface area contributed by atoms with Crippen LogP contribution in [0.1, 0.15) is 26.3 Å². The summed E-state index contributed by atoms with van der Waals surface area (Å²) in [5.74, 6) is 1.03. The minimum Gasteiger partial charge on any atom is -0.481 e. The summed E-state index contributed by atoms with van der Waals surface area (Å²) >= 11 is 0. The van der Waals surface area contributed by atoms with Crippen LogP contribution in [0.5, 0.6) is 5.88 Å². The van der Waals surface area contributed by atoms with E-state index in [-0.39, 0.29) is 18.5 Å². The van der Waals surface area contributed by atoms with E-state index >= 15 is 0 Å². The fourth-order valence-corrected chi connectivity index (χ4v) is 1.52. The molecule has 1 amide bonds. The number of nitrogens with zero attached hydrogens (tertiary/aromatic N) is 1. The van der Waals surface area contributed by atoms with Gasteiger partial charge in [-0.05, 0) is 18.9 Å². The van der Waals surface area contributed by atoms with Gasteiger partial charge in [0.1, 0.15) is 0 Å². The van der Waals surface area contributed by atoms with E-state index in [1.807, 2.05) is 19.1 Å². The minimum absolute atomic E-state index is 0.00376. The third-order valence-corrected chi connectivity index (χ3v) is 3.03. The quantitative estimate of drug-likeness (QED) is 0.781. The molecule has 0 aliphatic rings. The highest BCUT2D eigenvalue weighted by Crippen LogP contribution is 2.12. The van der Waals surface area contributed by atoms with Gasteiger partial charge in [0.2, 0.25) is 11.8 Å². The second-order valence-corrected chi connectivity index (χ2v) is 4.88. The Hall–Kier alpha value is -1.62. The van der Waals surface area contributed by atoms with Gasteiger partial charge in [-0.1, -0.05) is 19.9 Å². The normalized spacial score (nSPS) is 12.3. The molecule has 0 aliphatic carbocycles. The standard InChI is InChI=1S/C14H23N3O2/c1-10(2)11(3)17-13(18)9-15-8-12-6-5-7-16-14(12)19-4/h5-7,10-11,15H,8-9H2,1-4H3,(H,17,18). The Morgan fingerprint density at radius 3 is 2.79 bits per heavy atom. The van der Waals surface area contributed by atoms with E-state index in [1.165, 1.54) is 0 Å². The van der Waals surface area contributed by atoms with Gasteiger partial charge in [0.05, 0.1) is 13.7 Å². The number of hydrogen-bond donors (Lipinski definition) is 2. The number of amides is 1. The zero-order valence-corrected chi connectivity index (χ0v) is 12.1. The average Bonchev–Trinajstić information content (AvgIpc) is 2.39. The number of pyridine rings is 1. The lowest BCUT2D eigenvalue weighted by atomic mass is 10.1. The second-order valence-electron chi connectivity index (χ2n) is 4.88. The van der Waals surface area contributed by atoms with Gasteiger partial charge < -0.3 is 15.4 Å². The van der Waals surface area contributed by atoms with Crippen LogP contribution >= 0.6 is 0 Å². The maximum Gasteiger partial charge on any atom is 0.234 e. The van der Waals surface area contributed by atoms with Gasteiger partial charge in [0, 0.05) is 24.3 Å². The summed E-state index contributed by atoms with van der Waals surface area (Å²) in [6.45, 7) is 7.01. The minimum atomic E-state index is 0.00376. The maximum absolute atomic E-state index is 11.7.